The van der Waals surface area contributed by atoms with Crippen molar-refractivity contribution in [3.63, 3.8) is 0 Å². The maximum atomic E-state index is 12.7. The van der Waals surface area contributed by atoms with Crippen molar-refractivity contribution >= 4 is 6.09 Å². The van der Waals surface area contributed by atoms with E-state index in [1.54, 1.807) is 33.3 Å². The van der Waals surface area contributed by atoms with Crippen molar-refractivity contribution in [2.45, 2.75) is 25.2 Å². The zero-order valence-corrected chi connectivity index (χ0v) is 21.4. The molecule has 1 atom stereocenters. The molecule has 1 amide bonds. The van der Waals surface area contributed by atoms with E-state index in [9.17, 15) is 4.79 Å². The molecule has 8 heteroatoms. The third-order valence-electron chi connectivity index (χ3n) is 7.05. The quantitative estimate of drug-likeness (QED) is 0.539. The van der Waals surface area contributed by atoms with Crippen molar-refractivity contribution in [1.82, 2.24) is 9.80 Å². The number of benzene rings is 2. The van der Waals surface area contributed by atoms with E-state index in [1.165, 1.54) is 22.3 Å². The van der Waals surface area contributed by atoms with Crippen LogP contribution in [0.4, 0.5) is 4.79 Å². The van der Waals surface area contributed by atoms with Gasteiger partial charge in [0.15, 0.2) is 23.0 Å². The molecule has 1 aliphatic heterocycles. The van der Waals surface area contributed by atoms with Crippen LogP contribution in [0.3, 0.4) is 0 Å². The summed E-state index contributed by atoms with van der Waals surface area (Å²) < 4.78 is 27.3. The molecule has 0 radical (unpaired) electrons. The van der Waals surface area contributed by atoms with E-state index in [0.29, 0.717) is 32.2 Å². The summed E-state index contributed by atoms with van der Waals surface area (Å²) in [7, 11) is 8.66. The lowest BCUT2D eigenvalue weighted by Crippen LogP contribution is -2.37. The highest BCUT2D eigenvalue weighted by molar-refractivity contribution is 5.68. The fourth-order valence-electron chi connectivity index (χ4n) is 4.98. The van der Waals surface area contributed by atoms with E-state index in [0.717, 1.165) is 48.8 Å². The lowest BCUT2D eigenvalue weighted by Gasteiger charge is -2.34. The normalized spacial score (nSPS) is 16.5. The van der Waals surface area contributed by atoms with Gasteiger partial charge in [-0.25, -0.2) is 4.79 Å². The van der Waals surface area contributed by atoms with E-state index < -0.39 is 0 Å². The number of hydrogen-bond acceptors (Lipinski definition) is 7. The number of likely N-dealkylation sites (N-methyl/N-ethyl adjacent to an activating group) is 1. The molecule has 1 heterocycles. The van der Waals surface area contributed by atoms with E-state index >= 15 is 0 Å². The van der Waals surface area contributed by atoms with Crippen molar-refractivity contribution in [3.05, 3.63) is 46.5 Å². The molecule has 2 aromatic carbocycles. The van der Waals surface area contributed by atoms with Gasteiger partial charge in [0.05, 0.1) is 28.4 Å². The minimum Gasteiger partial charge on any atom is -0.493 e. The van der Waals surface area contributed by atoms with Gasteiger partial charge in [0, 0.05) is 32.1 Å². The molecule has 0 saturated carbocycles. The molecule has 8 nitrogen and oxygen atoms in total. The molecule has 2 aliphatic rings. The topological polar surface area (TPSA) is 69.7 Å². The number of ether oxygens (including phenoxy) is 5. The Morgan fingerprint density at radius 2 is 1.37 bits per heavy atom. The fraction of sp³-hybridized carbons (Fsp3) is 0.519. The zero-order chi connectivity index (χ0) is 24.9. The highest BCUT2D eigenvalue weighted by atomic mass is 16.6. The minimum absolute atomic E-state index is 0.254. The van der Waals surface area contributed by atoms with Gasteiger partial charge in [0.1, 0.15) is 6.61 Å². The maximum absolute atomic E-state index is 12.7. The predicted molar refractivity (Wildman–Crippen MR) is 133 cm³/mol. The van der Waals surface area contributed by atoms with Crippen LogP contribution in [0.1, 0.15) is 28.2 Å². The first-order valence-corrected chi connectivity index (χ1v) is 12.1. The molecule has 2 aromatic rings. The van der Waals surface area contributed by atoms with Crippen LogP contribution >= 0.6 is 0 Å². The highest BCUT2D eigenvalue weighted by Gasteiger charge is 2.29. The zero-order valence-electron chi connectivity index (χ0n) is 21.4. The Morgan fingerprint density at radius 3 is 1.91 bits per heavy atom. The number of carbonyl (C=O) groups excluding carboxylic acids is 1. The van der Waals surface area contributed by atoms with Crippen LogP contribution in [0.5, 0.6) is 23.0 Å². The highest BCUT2D eigenvalue weighted by Crippen LogP contribution is 2.42. The number of fused-ring (bicyclic) bond motifs is 2. The van der Waals surface area contributed by atoms with Crippen LogP contribution in [0.25, 0.3) is 0 Å². The van der Waals surface area contributed by atoms with Crippen LogP contribution in [-0.4, -0.2) is 84.2 Å². The largest absolute Gasteiger partial charge is 0.493 e. The van der Waals surface area contributed by atoms with Crippen molar-refractivity contribution in [1.29, 1.82) is 0 Å². The Balaban J connectivity index is 1.24. The smallest absolute Gasteiger partial charge is 0.409 e. The molecule has 4 rings (SSSR count). The Labute approximate surface area is 207 Å². The SMILES string of the molecule is COc1cc2c(cc1OC)CCN(C(=O)OCCN(C)C[C@@H]1Cc3cc(OC)c(OC)cc31)CC2. The molecule has 0 fully saturated rings. The van der Waals surface area contributed by atoms with E-state index in [4.69, 9.17) is 23.7 Å². The second kappa shape index (κ2) is 11.1. The Morgan fingerprint density at radius 1 is 0.857 bits per heavy atom. The number of rotatable bonds is 9. The first-order chi connectivity index (χ1) is 17.0. The molecule has 0 spiro atoms. The number of nitrogens with zero attached hydrogens (tertiary/aromatic N) is 2. The number of methoxy groups -OCH3 is 4. The molecule has 190 valence electrons. The summed E-state index contributed by atoms with van der Waals surface area (Å²) >= 11 is 0. The van der Waals surface area contributed by atoms with Crippen LogP contribution in [0.15, 0.2) is 24.3 Å². The Kier molecular flexibility index (Phi) is 7.90. The van der Waals surface area contributed by atoms with E-state index in [-0.39, 0.29) is 6.09 Å². The van der Waals surface area contributed by atoms with Gasteiger partial charge in [0.25, 0.3) is 0 Å². The van der Waals surface area contributed by atoms with Gasteiger partial charge in [-0.3, -0.25) is 0 Å². The molecule has 0 aromatic heterocycles. The molecule has 0 unspecified atom stereocenters. The molecule has 0 bridgehead atoms. The molecular weight excluding hydrogens is 448 g/mol. The fourth-order valence-corrected chi connectivity index (χ4v) is 4.98. The second-order valence-corrected chi connectivity index (χ2v) is 9.15. The van der Waals surface area contributed by atoms with Gasteiger partial charge in [-0.1, -0.05) is 0 Å². The third-order valence-corrected chi connectivity index (χ3v) is 7.05. The van der Waals surface area contributed by atoms with Crippen LogP contribution in [0.2, 0.25) is 0 Å². The summed E-state index contributed by atoms with van der Waals surface area (Å²) in [5.41, 5.74) is 4.99. The standard InChI is InChI=1S/C27H36N2O6/c1-28(17-21-12-20-15-25(33-4)26(34-5)16-22(20)21)10-11-35-27(30)29-8-6-18-13-23(31-2)24(32-3)14-19(18)7-9-29/h13-16,21H,6-12,17H2,1-5H3/t21-/m0/s1. The summed E-state index contributed by atoms with van der Waals surface area (Å²) in [6, 6.07) is 8.18. The molecule has 35 heavy (non-hydrogen) atoms. The third kappa shape index (κ3) is 5.42. The van der Waals surface area contributed by atoms with Crippen molar-refractivity contribution < 1.29 is 28.5 Å². The van der Waals surface area contributed by atoms with Crippen molar-refractivity contribution in [3.8, 4) is 23.0 Å². The molecule has 1 aliphatic carbocycles. The summed E-state index contributed by atoms with van der Waals surface area (Å²) in [5, 5.41) is 0. The lowest BCUT2D eigenvalue weighted by molar-refractivity contribution is 0.0939. The lowest BCUT2D eigenvalue weighted by atomic mass is 9.77. The second-order valence-electron chi connectivity index (χ2n) is 9.15. The average Bonchev–Trinajstić information content (AvgIpc) is 3.08. The summed E-state index contributed by atoms with van der Waals surface area (Å²) in [6.45, 7) is 3.21. The minimum atomic E-state index is -0.254. The van der Waals surface area contributed by atoms with Crippen molar-refractivity contribution in [2.75, 3.05) is 68.3 Å². The first kappa shape index (κ1) is 25.0. The van der Waals surface area contributed by atoms with Gasteiger partial charge < -0.3 is 33.5 Å². The van der Waals surface area contributed by atoms with Crippen molar-refractivity contribution in [2.24, 2.45) is 0 Å². The van der Waals surface area contributed by atoms with Crippen LogP contribution < -0.4 is 18.9 Å². The van der Waals surface area contributed by atoms with Gasteiger partial charge >= 0.3 is 6.09 Å². The van der Waals surface area contributed by atoms with Crippen LogP contribution in [-0.2, 0) is 24.0 Å². The number of amides is 1. The first-order valence-electron chi connectivity index (χ1n) is 12.1. The Bertz CT molecular complexity index is 1020. The molecular formula is C27H36N2O6. The molecule has 0 saturated heterocycles. The predicted octanol–water partition coefficient (Wildman–Crippen LogP) is 3.53. The van der Waals surface area contributed by atoms with Crippen LogP contribution in [0, 0.1) is 0 Å². The Hall–Kier alpha value is -3.13. The summed E-state index contributed by atoms with van der Waals surface area (Å²) in [6.07, 6.45) is 2.29. The monoisotopic (exact) mass is 484 g/mol. The van der Waals surface area contributed by atoms with Gasteiger partial charge in [0.2, 0.25) is 0 Å². The average molecular weight is 485 g/mol. The number of hydrogen-bond donors (Lipinski definition) is 0. The maximum Gasteiger partial charge on any atom is 0.409 e. The summed E-state index contributed by atoms with van der Waals surface area (Å²) in [4.78, 5) is 16.7. The summed E-state index contributed by atoms with van der Waals surface area (Å²) in [5.74, 6) is 3.43. The van der Waals surface area contributed by atoms with E-state index in [1.807, 2.05) is 12.1 Å². The van der Waals surface area contributed by atoms with Gasteiger partial charge in [-0.05, 0) is 72.8 Å². The van der Waals surface area contributed by atoms with E-state index in [2.05, 4.69) is 24.1 Å². The molecule has 0 N–H and O–H groups in total. The van der Waals surface area contributed by atoms with Gasteiger partial charge in [-0.15, -0.1) is 0 Å². The number of carbonyl (C=O) groups is 1. The van der Waals surface area contributed by atoms with Gasteiger partial charge in [-0.2, -0.15) is 0 Å².